The predicted molar refractivity (Wildman–Crippen MR) is 42.8 cm³/mol. The number of hydrogen-bond donors (Lipinski definition) is 1. The normalized spacial score (nSPS) is 10.6. The first-order valence-electron chi connectivity index (χ1n) is 3.09. The molecule has 2 heterocycles. The zero-order valence-electron chi connectivity index (χ0n) is 5.79. The molecule has 0 bridgehead atoms. The molecule has 0 aliphatic heterocycles. The van der Waals surface area contributed by atoms with Crippen molar-refractivity contribution >= 4 is 21.6 Å². The highest BCUT2D eigenvalue weighted by atomic mass is 32.1. The van der Waals surface area contributed by atoms with Crippen molar-refractivity contribution in [3.8, 4) is 0 Å². The Morgan fingerprint density at radius 2 is 2.45 bits per heavy atom. The van der Waals surface area contributed by atoms with Gasteiger partial charge in [0.05, 0.1) is 0 Å². The lowest BCUT2D eigenvalue weighted by molar-refractivity contribution is 0.875. The summed E-state index contributed by atoms with van der Waals surface area (Å²) in [6.45, 7) is 1.94. The monoisotopic (exact) mass is 167 g/mol. The highest BCUT2D eigenvalue weighted by Crippen LogP contribution is 2.17. The fraction of sp³-hybridized carbons (Fsp3) is 0.167. The number of fused-ring (bicyclic) bond motifs is 1. The minimum Gasteiger partial charge on any atom is -0.266 e. The van der Waals surface area contributed by atoms with Gasteiger partial charge >= 0.3 is 0 Å². The molecule has 0 saturated carbocycles. The van der Waals surface area contributed by atoms with E-state index in [9.17, 15) is 4.79 Å². The Balaban J connectivity index is 3.02. The van der Waals surface area contributed by atoms with Crippen molar-refractivity contribution in [2.45, 2.75) is 6.92 Å². The molecule has 2 aromatic rings. The van der Waals surface area contributed by atoms with Gasteiger partial charge in [-0.1, -0.05) is 5.21 Å². The number of aromatic amines is 1. The van der Waals surface area contributed by atoms with Crippen LogP contribution in [0.2, 0.25) is 0 Å². The molecule has 0 fully saturated rings. The molecule has 5 heteroatoms. The summed E-state index contributed by atoms with van der Waals surface area (Å²) in [4.78, 5) is 12.1. The average molecular weight is 167 g/mol. The predicted octanol–water partition coefficient (Wildman–Crippen LogP) is 0.688. The quantitative estimate of drug-likeness (QED) is 0.628. The molecule has 1 N–H and O–H groups in total. The third-order valence-electron chi connectivity index (χ3n) is 1.35. The van der Waals surface area contributed by atoms with Crippen LogP contribution in [-0.2, 0) is 0 Å². The summed E-state index contributed by atoms with van der Waals surface area (Å²) in [7, 11) is 0. The molecule has 56 valence electrons. The molecule has 0 spiro atoms. The Kier molecular flexibility index (Phi) is 1.25. The number of hydrogen-bond acceptors (Lipinski definition) is 4. The molecule has 0 aliphatic rings. The molecule has 0 saturated heterocycles. The molecular weight excluding hydrogens is 162 g/mol. The van der Waals surface area contributed by atoms with Crippen molar-refractivity contribution in [2.24, 2.45) is 0 Å². The first kappa shape index (κ1) is 6.48. The largest absolute Gasteiger partial charge is 0.285 e. The molecule has 0 aliphatic carbocycles. The first-order chi connectivity index (χ1) is 5.27. The molecule has 0 radical (unpaired) electrons. The van der Waals surface area contributed by atoms with E-state index in [1.54, 1.807) is 0 Å². The number of nitrogens with one attached hydrogen (secondary N) is 1. The molecule has 0 aromatic carbocycles. The Morgan fingerprint density at radius 3 is 3.18 bits per heavy atom. The van der Waals surface area contributed by atoms with Crippen LogP contribution in [0, 0.1) is 6.92 Å². The second-order valence-corrected chi connectivity index (χ2v) is 3.47. The van der Waals surface area contributed by atoms with E-state index in [4.69, 9.17) is 0 Å². The number of thiophene rings is 1. The standard InChI is InChI=1S/C6H5N3OS/c1-3-2-4-5(11-3)6(10)8-9-7-4/h2H,1H3,(H,7,8,10). The maximum absolute atomic E-state index is 11.0. The maximum atomic E-state index is 11.0. The summed E-state index contributed by atoms with van der Waals surface area (Å²) in [5, 5.41) is 9.49. The number of nitrogens with zero attached hydrogens (tertiary/aromatic N) is 2. The Morgan fingerprint density at radius 1 is 1.64 bits per heavy atom. The van der Waals surface area contributed by atoms with Crippen LogP contribution in [0.5, 0.6) is 0 Å². The lowest BCUT2D eigenvalue weighted by Gasteiger charge is -1.80. The van der Waals surface area contributed by atoms with Crippen LogP contribution < -0.4 is 5.56 Å². The molecule has 0 atom stereocenters. The molecule has 2 aromatic heterocycles. The summed E-state index contributed by atoms with van der Waals surface area (Å²) in [5.74, 6) is 0. The van der Waals surface area contributed by atoms with Gasteiger partial charge in [0.1, 0.15) is 10.2 Å². The van der Waals surface area contributed by atoms with Gasteiger partial charge in [-0.3, -0.25) is 4.79 Å². The lowest BCUT2D eigenvalue weighted by Crippen LogP contribution is -2.07. The van der Waals surface area contributed by atoms with Crippen molar-refractivity contribution in [3.05, 3.63) is 21.3 Å². The highest BCUT2D eigenvalue weighted by molar-refractivity contribution is 7.18. The Hall–Kier alpha value is -1.23. The van der Waals surface area contributed by atoms with E-state index in [1.165, 1.54) is 11.3 Å². The molecular formula is C6H5N3OS. The average Bonchev–Trinajstić information content (AvgIpc) is 2.31. The Bertz CT molecular complexity index is 444. The van der Waals surface area contributed by atoms with Gasteiger partial charge in [-0.05, 0) is 13.0 Å². The van der Waals surface area contributed by atoms with E-state index in [1.807, 2.05) is 13.0 Å². The van der Waals surface area contributed by atoms with Gasteiger partial charge in [0.25, 0.3) is 5.56 Å². The highest BCUT2D eigenvalue weighted by Gasteiger charge is 2.02. The molecule has 4 nitrogen and oxygen atoms in total. The molecule has 0 unspecified atom stereocenters. The van der Waals surface area contributed by atoms with E-state index in [2.05, 4.69) is 15.4 Å². The van der Waals surface area contributed by atoms with Gasteiger partial charge in [0.15, 0.2) is 0 Å². The fourth-order valence-electron chi connectivity index (χ4n) is 0.913. The van der Waals surface area contributed by atoms with Crippen molar-refractivity contribution in [3.63, 3.8) is 0 Å². The summed E-state index contributed by atoms with van der Waals surface area (Å²) >= 11 is 1.43. The molecule has 2 rings (SSSR count). The van der Waals surface area contributed by atoms with Gasteiger partial charge in [-0.2, -0.15) is 0 Å². The van der Waals surface area contributed by atoms with E-state index in [0.29, 0.717) is 10.2 Å². The van der Waals surface area contributed by atoms with Crippen LogP contribution in [0.4, 0.5) is 0 Å². The first-order valence-corrected chi connectivity index (χ1v) is 3.90. The molecule has 11 heavy (non-hydrogen) atoms. The van der Waals surface area contributed by atoms with Gasteiger partial charge in [0.2, 0.25) is 0 Å². The number of aromatic nitrogens is 3. The van der Waals surface area contributed by atoms with E-state index in [0.717, 1.165) is 4.88 Å². The molecule has 0 amide bonds. The zero-order valence-corrected chi connectivity index (χ0v) is 6.60. The van der Waals surface area contributed by atoms with E-state index in [-0.39, 0.29) is 5.56 Å². The van der Waals surface area contributed by atoms with Crippen molar-refractivity contribution in [1.29, 1.82) is 0 Å². The van der Waals surface area contributed by atoms with Crippen LogP contribution in [0.1, 0.15) is 4.88 Å². The third kappa shape index (κ3) is 0.932. The van der Waals surface area contributed by atoms with E-state index >= 15 is 0 Å². The smallest absolute Gasteiger partial charge is 0.266 e. The van der Waals surface area contributed by atoms with Gasteiger partial charge < -0.3 is 0 Å². The van der Waals surface area contributed by atoms with Crippen molar-refractivity contribution in [1.82, 2.24) is 15.4 Å². The van der Waals surface area contributed by atoms with Crippen LogP contribution >= 0.6 is 11.3 Å². The number of aryl methyl sites for hydroxylation is 1. The summed E-state index contributed by atoms with van der Waals surface area (Å²) in [6, 6.07) is 1.85. The number of H-pyrrole nitrogens is 1. The van der Waals surface area contributed by atoms with Crippen LogP contribution in [0.15, 0.2) is 10.9 Å². The summed E-state index contributed by atoms with van der Waals surface area (Å²) < 4.78 is 0.650. The second kappa shape index (κ2) is 2.13. The maximum Gasteiger partial charge on any atom is 0.285 e. The van der Waals surface area contributed by atoms with Crippen LogP contribution in [0.25, 0.3) is 10.2 Å². The van der Waals surface area contributed by atoms with Crippen molar-refractivity contribution < 1.29 is 0 Å². The van der Waals surface area contributed by atoms with Gasteiger partial charge in [-0.25, -0.2) is 5.10 Å². The Labute approximate surface area is 65.9 Å². The minimum absolute atomic E-state index is 0.159. The van der Waals surface area contributed by atoms with Gasteiger partial charge in [0, 0.05) is 4.88 Å². The summed E-state index contributed by atoms with van der Waals surface area (Å²) in [5.41, 5.74) is 0.518. The summed E-state index contributed by atoms with van der Waals surface area (Å²) in [6.07, 6.45) is 0. The van der Waals surface area contributed by atoms with Crippen molar-refractivity contribution in [2.75, 3.05) is 0 Å². The zero-order chi connectivity index (χ0) is 7.84. The van der Waals surface area contributed by atoms with Crippen LogP contribution in [-0.4, -0.2) is 15.4 Å². The fourth-order valence-corrected chi connectivity index (χ4v) is 1.75. The minimum atomic E-state index is -0.159. The number of rotatable bonds is 0. The topological polar surface area (TPSA) is 58.6 Å². The second-order valence-electron chi connectivity index (χ2n) is 2.21. The SMILES string of the molecule is Cc1cc2nn[nH]c(=O)c2s1. The van der Waals surface area contributed by atoms with Gasteiger partial charge in [-0.15, -0.1) is 16.4 Å². The third-order valence-corrected chi connectivity index (χ3v) is 2.39. The van der Waals surface area contributed by atoms with Crippen LogP contribution in [0.3, 0.4) is 0 Å². The van der Waals surface area contributed by atoms with E-state index < -0.39 is 0 Å². The lowest BCUT2D eigenvalue weighted by atomic mass is 10.4.